The summed E-state index contributed by atoms with van der Waals surface area (Å²) in [5.74, 6) is -2.07. The molecular weight excluding hydrogens is 303 g/mol. The van der Waals surface area contributed by atoms with Gasteiger partial charge >= 0.3 is 12.3 Å². The lowest BCUT2D eigenvalue weighted by atomic mass is 10.1. The van der Waals surface area contributed by atoms with Gasteiger partial charge in [0.1, 0.15) is 5.75 Å². The molecule has 0 bridgehead atoms. The van der Waals surface area contributed by atoms with Crippen molar-refractivity contribution < 1.29 is 36.2 Å². The Balaban J connectivity index is 3.38. The number of hydrogen-bond donors (Lipinski definition) is 1. The molecule has 0 amide bonds. The van der Waals surface area contributed by atoms with Crippen molar-refractivity contribution in [2.45, 2.75) is 25.8 Å². The van der Waals surface area contributed by atoms with E-state index in [1.165, 1.54) is 0 Å². The summed E-state index contributed by atoms with van der Waals surface area (Å²) in [7, 11) is 1.00. The summed E-state index contributed by atoms with van der Waals surface area (Å²) in [4.78, 5) is 14.8. The first kappa shape index (κ1) is 17.1. The number of aromatic nitrogens is 1. The van der Waals surface area contributed by atoms with E-state index in [-0.39, 0.29) is 12.2 Å². The van der Waals surface area contributed by atoms with E-state index in [2.05, 4.69) is 14.5 Å². The first-order chi connectivity index (χ1) is 9.67. The molecule has 1 heterocycles. The summed E-state index contributed by atoms with van der Waals surface area (Å²) >= 11 is 0. The number of alkyl halides is 5. The molecule has 10 heteroatoms. The van der Waals surface area contributed by atoms with Crippen LogP contribution >= 0.6 is 0 Å². The fraction of sp³-hybridized carbons (Fsp3) is 0.455. The largest absolute Gasteiger partial charge is 0.573 e. The molecule has 5 nitrogen and oxygen atoms in total. The maximum atomic E-state index is 13.0. The van der Waals surface area contributed by atoms with Crippen LogP contribution in [0.4, 0.5) is 22.0 Å². The van der Waals surface area contributed by atoms with Gasteiger partial charge < -0.3 is 15.2 Å². The van der Waals surface area contributed by atoms with Crippen LogP contribution < -0.4 is 10.5 Å². The van der Waals surface area contributed by atoms with Crippen LogP contribution in [0.15, 0.2) is 6.07 Å². The van der Waals surface area contributed by atoms with Crippen molar-refractivity contribution in [2.24, 2.45) is 5.73 Å². The Labute approximate surface area is 115 Å². The van der Waals surface area contributed by atoms with Crippen molar-refractivity contribution in [3.8, 4) is 5.75 Å². The fourth-order valence-electron chi connectivity index (χ4n) is 1.53. The van der Waals surface area contributed by atoms with E-state index in [9.17, 15) is 26.7 Å². The molecule has 1 rings (SSSR count). The molecule has 0 spiro atoms. The van der Waals surface area contributed by atoms with Gasteiger partial charge in [0, 0.05) is 12.6 Å². The monoisotopic (exact) mass is 314 g/mol. The molecule has 0 aliphatic heterocycles. The number of carbonyl (C=O) groups is 1. The first-order valence-electron chi connectivity index (χ1n) is 5.51. The summed E-state index contributed by atoms with van der Waals surface area (Å²) in [6.45, 7) is -0.314. The highest BCUT2D eigenvalue weighted by Crippen LogP contribution is 2.35. The molecule has 0 aromatic carbocycles. The van der Waals surface area contributed by atoms with Crippen molar-refractivity contribution in [3.63, 3.8) is 0 Å². The van der Waals surface area contributed by atoms with Gasteiger partial charge in [-0.1, -0.05) is 0 Å². The molecule has 0 radical (unpaired) electrons. The maximum Gasteiger partial charge on any atom is 0.573 e. The van der Waals surface area contributed by atoms with Crippen molar-refractivity contribution in [2.75, 3.05) is 7.11 Å². The van der Waals surface area contributed by atoms with Crippen molar-refractivity contribution in [3.05, 3.63) is 23.0 Å². The molecule has 0 unspecified atom stereocenters. The molecule has 0 saturated heterocycles. The van der Waals surface area contributed by atoms with Gasteiger partial charge in [-0.2, -0.15) is 0 Å². The van der Waals surface area contributed by atoms with Gasteiger partial charge in [0.25, 0.3) is 6.43 Å². The number of carbonyl (C=O) groups excluding carboxylic acids is 1. The second-order valence-corrected chi connectivity index (χ2v) is 3.78. The average molecular weight is 314 g/mol. The number of rotatable bonds is 5. The number of nitrogens with two attached hydrogens (primary N) is 1. The third kappa shape index (κ3) is 4.81. The Morgan fingerprint density at radius 3 is 2.48 bits per heavy atom. The lowest BCUT2D eigenvalue weighted by Crippen LogP contribution is -2.20. The van der Waals surface area contributed by atoms with Crippen LogP contribution in [0.25, 0.3) is 0 Å². The molecule has 1 aromatic heterocycles. The highest BCUT2D eigenvalue weighted by atomic mass is 19.4. The minimum atomic E-state index is -5.17. The molecule has 0 aliphatic carbocycles. The Morgan fingerprint density at radius 2 is 2.05 bits per heavy atom. The number of nitrogens with zero attached hydrogens (tertiary/aromatic N) is 1. The topological polar surface area (TPSA) is 74.4 Å². The number of hydrogen-bond acceptors (Lipinski definition) is 5. The SMILES string of the molecule is COC(=O)Cc1nc(CN)cc(OC(F)(F)F)c1C(F)F. The lowest BCUT2D eigenvalue weighted by molar-refractivity contribution is -0.275. The summed E-state index contributed by atoms with van der Waals surface area (Å²) in [6.07, 6.45) is -9.21. The molecule has 0 aliphatic rings. The van der Waals surface area contributed by atoms with E-state index < -0.39 is 42.2 Å². The molecular formula is C11H11F5N2O3. The highest BCUT2D eigenvalue weighted by molar-refractivity contribution is 5.72. The van der Waals surface area contributed by atoms with Crippen LogP contribution in [0.3, 0.4) is 0 Å². The number of halogens is 5. The van der Waals surface area contributed by atoms with Gasteiger partial charge in [-0.3, -0.25) is 9.78 Å². The summed E-state index contributed by atoms with van der Waals surface area (Å²) in [6, 6.07) is 0.662. The zero-order chi connectivity index (χ0) is 16.2. The standard InChI is InChI=1S/C11H11F5N2O3/c1-20-8(19)3-6-9(10(12)13)7(21-11(14,15)16)2-5(4-17)18-6/h2,10H,3-4,17H2,1H3. The molecule has 118 valence electrons. The highest BCUT2D eigenvalue weighted by Gasteiger charge is 2.35. The quantitative estimate of drug-likeness (QED) is 0.665. The van der Waals surface area contributed by atoms with E-state index in [0.717, 1.165) is 7.11 Å². The fourth-order valence-corrected chi connectivity index (χ4v) is 1.53. The van der Waals surface area contributed by atoms with Gasteiger partial charge in [-0.05, 0) is 0 Å². The zero-order valence-corrected chi connectivity index (χ0v) is 10.7. The first-order valence-corrected chi connectivity index (χ1v) is 5.51. The van der Waals surface area contributed by atoms with Crippen molar-refractivity contribution >= 4 is 5.97 Å². The third-order valence-electron chi connectivity index (χ3n) is 2.35. The van der Waals surface area contributed by atoms with Crippen LogP contribution in [0.5, 0.6) is 5.75 Å². The van der Waals surface area contributed by atoms with Gasteiger partial charge in [0.2, 0.25) is 0 Å². The molecule has 21 heavy (non-hydrogen) atoms. The smallest absolute Gasteiger partial charge is 0.469 e. The Kier molecular flexibility index (Phi) is 5.41. The van der Waals surface area contributed by atoms with Crippen LogP contribution in [-0.2, 0) is 22.5 Å². The van der Waals surface area contributed by atoms with Crippen LogP contribution in [-0.4, -0.2) is 24.4 Å². The Hall–Kier alpha value is -1.97. The maximum absolute atomic E-state index is 13.0. The minimum Gasteiger partial charge on any atom is -0.469 e. The van der Waals surface area contributed by atoms with Crippen LogP contribution in [0.1, 0.15) is 23.4 Å². The van der Waals surface area contributed by atoms with E-state index in [0.29, 0.717) is 6.07 Å². The van der Waals surface area contributed by atoms with Gasteiger partial charge in [-0.15, -0.1) is 13.2 Å². The lowest BCUT2D eigenvalue weighted by Gasteiger charge is -2.16. The predicted octanol–water partition coefficient (Wildman–Crippen LogP) is 2.09. The molecule has 1 aromatic rings. The normalized spacial score (nSPS) is 11.6. The molecule has 2 N–H and O–H groups in total. The molecule has 0 fully saturated rings. The number of esters is 1. The van der Waals surface area contributed by atoms with E-state index in [1.54, 1.807) is 0 Å². The van der Waals surface area contributed by atoms with Gasteiger partial charge in [-0.25, -0.2) is 8.78 Å². The summed E-state index contributed by atoms with van der Waals surface area (Å²) < 4.78 is 70.6. The van der Waals surface area contributed by atoms with E-state index in [1.807, 2.05) is 0 Å². The third-order valence-corrected chi connectivity index (χ3v) is 2.35. The Bertz CT molecular complexity index is 519. The number of methoxy groups -OCH3 is 1. The molecule has 0 atom stereocenters. The van der Waals surface area contributed by atoms with E-state index >= 15 is 0 Å². The minimum absolute atomic E-state index is 0.127. The summed E-state index contributed by atoms with van der Waals surface area (Å²) in [5.41, 5.74) is 3.42. The van der Waals surface area contributed by atoms with Crippen molar-refractivity contribution in [1.29, 1.82) is 0 Å². The van der Waals surface area contributed by atoms with Crippen LogP contribution in [0, 0.1) is 0 Å². The zero-order valence-electron chi connectivity index (χ0n) is 10.7. The van der Waals surface area contributed by atoms with Crippen molar-refractivity contribution in [1.82, 2.24) is 4.98 Å². The second-order valence-electron chi connectivity index (χ2n) is 3.78. The predicted molar refractivity (Wildman–Crippen MR) is 59.5 cm³/mol. The molecule has 0 saturated carbocycles. The van der Waals surface area contributed by atoms with Gasteiger partial charge in [0.15, 0.2) is 0 Å². The second kappa shape index (κ2) is 6.66. The van der Waals surface area contributed by atoms with Gasteiger partial charge in [0.05, 0.1) is 30.5 Å². The Morgan fingerprint density at radius 1 is 1.43 bits per heavy atom. The average Bonchev–Trinajstić information content (AvgIpc) is 2.35. The van der Waals surface area contributed by atoms with E-state index in [4.69, 9.17) is 5.73 Å². The van der Waals surface area contributed by atoms with Crippen LogP contribution in [0.2, 0.25) is 0 Å². The number of pyridine rings is 1. The summed E-state index contributed by atoms with van der Waals surface area (Å²) in [5, 5.41) is 0. The number of ether oxygens (including phenoxy) is 2.